The molecule has 332 valence electrons. The molecule has 8 heteroatoms. The van der Waals surface area contributed by atoms with Crippen LogP contribution in [0.15, 0.2) is 72.9 Å². The third-order valence-electron chi connectivity index (χ3n) is 9.85. The van der Waals surface area contributed by atoms with Crippen LogP contribution in [0.3, 0.4) is 0 Å². The molecule has 0 heterocycles. The number of esters is 2. The first-order valence-electron chi connectivity index (χ1n) is 23.0. The lowest BCUT2D eigenvalue weighted by Gasteiger charge is -2.31. The Bertz CT molecular complexity index is 1180. The fraction of sp³-hybridized carbons (Fsp3) is 0.700. The van der Waals surface area contributed by atoms with E-state index >= 15 is 0 Å². The molecule has 2 unspecified atom stereocenters. The number of nitrogens with zero attached hydrogens (tertiary/aromatic N) is 1. The Morgan fingerprint density at radius 1 is 0.534 bits per heavy atom. The Kier molecular flexibility index (Phi) is 38.3. The molecule has 0 aliphatic carbocycles. The van der Waals surface area contributed by atoms with Gasteiger partial charge < -0.3 is 23.8 Å². The van der Waals surface area contributed by atoms with Gasteiger partial charge in [-0.25, -0.2) is 4.79 Å². The van der Waals surface area contributed by atoms with Crippen LogP contribution in [0.2, 0.25) is 0 Å². The van der Waals surface area contributed by atoms with Gasteiger partial charge in [-0.15, -0.1) is 0 Å². The number of likely N-dealkylation sites (N-methyl/N-ethyl adjacent to an activating group) is 1. The molecule has 0 fully saturated rings. The summed E-state index contributed by atoms with van der Waals surface area (Å²) in [6, 6.07) is -0.629. The van der Waals surface area contributed by atoms with Crippen LogP contribution in [-0.2, 0) is 28.6 Å². The van der Waals surface area contributed by atoms with E-state index in [1.807, 2.05) is 33.3 Å². The highest BCUT2D eigenvalue weighted by Gasteiger charge is 2.31. The quantitative estimate of drug-likeness (QED) is 0.0285. The number of aliphatic carboxylic acids is 1. The summed E-state index contributed by atoms with van der Waals surface area (Å²) in [5, 5.41) is 9.62. The summed E-state index contributed by atoms with van der Waals surface area (Å²) in [5.74, 6) is -1.59. The normalized spacial score (nSPS) is 13.6. The van der Waals surface area contributed by atoms with Crippen LogP contribution in [-0.4, -0.2) is 80.6 Å². The van der Waals surface area contributed by atoms with Gasteiger partial charge in [-0.1, -0.05) is 157 Å². The molecule has 1 N–H and O–H groups in total. The van der Waals surface area contributed by atoms with Crippen LogP contribution in [0.4, 0.5) is 0 Å². The number of carboxylic acid groups (broad SMARTS) is 1. The Hall–Kier alpha value is -3.23. The van der Waals surface area contributed by atoms with E-state index in [1.165, 1.54) is 70.6 Å². The van der Waals surface area contributed by atoms with Crippen LogP contribution in [0.1, 0.15) is 174 Å². The first kappa shape index (κ1) is 54.8. The number of unbranched alkanes of at least 4 members (excludes halogenated alkanes) is 14. The van der Waals surface area contributed by atoms with E-state index in [9.17, 15) is 19.5 Å². The van der Waals surface area contributed by atoms with Gasteiger partial charge in [0, 0.05) is 19.3 Å². The van der Waals surface area contributed by atoms with Gasteiger partial charge in [0.05, 0.1) is 34.4 Å². The number of carbonyl (C=O) groups is 3. The van der Waals surface area contributed by atoms with Gasteiger partial charge in [0.15, 0.2) is 12.1 Å². The van der Waals surface area contributed by atoms with E-state index in [1.54, 1.807) is 0 Å². The highest BCUT2D eigenvalue weighted by atomic mass is 16.6. The van der Waals surface area contributed by atoms with Gasteiger partial charge in [0.1, 0.15) is 6.61 Å². The largest absolute Gasteiger partial charge is 0.477 e. The third kappa shape index (κ3) is 38.3. The fourth-order valence-corrected chi connectivity index (χ4v) is 6.31. The Balaban J connectivity index is 4.44. The maximum Gasteiger partial charge on any atom is 0.362 e. The van der Waals surface area contributed by atoms with E-state index in [0.717, 1.165) is 64.2 Å². The summed E-state index contributed by atoms with van der Waals surface area (Å²) in [4.78, 5) is 37.0. The second-order valence-corrected chi connectivity index (χ2v) is 16.3. The molecule has 0 aromatic carbocycles. The molecule has 0 spiro atoms. The molecule has 0 aromatic heterocycles. The van der Waals surface area contributed by atoms with Crippen LogP contribution in [0.25, 0.3) is 0 Å². The zero-order chi connectivity index (χ0) is 42.8. The minimum atomic E-state index is -0.888. The molecule has 0 aliphatic rings. The minimum Gasteiger partial charge on any atom is -0.477 e. The molecule has 0 rings (SSSR count). The van der Waals surface area contributed by atoms with Gasteiger partial charge in [-0.3, -0.25) is 9.59 Å². The van der Waals surface area contributed by atoms with Crippen molar-refractivity contribution in [2.45, 2.75) is 187 Å². The van der Waals surface area contributed by atoms with Crippen molar-refractivity contribution in [3.8, 4) is 0 Å². The van der Waals surface area contributed by atoms with Crippen molar-refractivity contribution in [2.75, 3.05) is 41.0 Å². The summed E-state index contributed by atoms with van der Waals surface area (Å²) < 4.78 is 17.2. The molecule has 58 heavy (non-hydrogen) atoms. The number of ether oxygens (including phenoxy) is 3. The lowest BCUT2D eigenvalue weighted by Crippen LogP contribution is -2.50. The number of rotatable bonds is 40. The smallest absolute Gasteiger partial charge is 0.362 e. The third-order valence-corrected chi connectivity index (χ3v) is 9.85. The fourth-order valence-electron chi connectivity index (χ4n) is 6.31. The molecule has 8 nitrogen and oxygen atoms in total. The predicted octanol–water partition coefficient (Wildman–Crippen LogP) is 12.7. The molecule has 0 saturated heterocycles. The van der Waals surface area contributed by atoms with E-state index < -0.39 is 18.1 Å². The highest BCUT2D eigenvalue weighted by molar-refractivity contribution is 5.72. The predicted molar refractivity (Wildman–Crippen MR) is 243 cm³/mol. The molecule has 0 amide bonds. The number of allylic oxidation sites excluding steroid dienone is 12. The lowest BCUT2D eigenvalue weighted by molar-refractivity contribution is -0.887. The van der Waals surface area contributed by atoms with Crippen LogP contribution >= 0.6 is 0 Å². The molecule has 0 saturated carbocycles. The number of carbonyl (C=O) groups excluding carboxylic acids is 2. The van der Waals surface area contributed by atoms with Crippen LogP contribution in [0, 0.1) is 0 Å². The summed E-state index contributed by atoms with van der Waals surface area (Å²) >= 11 is 0. The minimum absolute atomic E-state index is 0.0317. The first-order chi connectivity index (χ1) is 28.1. The monoisotopic (exact) mass is 813 g/mol. The molecule has 0 aromatic rings. The van der Waals surface area contributed by atoms with Crippen LogP contribution < -0.4 is 0 Å². The molecule has 0 aliphatic heterocycles. The average molecular weight is 813 g/mol. The lowest BCUT2D eigenvalue weighted by atomic mass is 10.1. The number of hydrogen-bond acceptors (Lipinski definition) is 6. The van der Waals surface area contributed by atoms with Crippen molar-refractivity contribution in [3.05, 3.63) is 72.9 Å². The standard InChI is InChI=1S/C50H85NO7/c1-6-8-10-12-14-16-18-20-22-24-25-27-29-31-33-35-37-39-41-49(53)58-46(44-56-43-42-47(50(54)55)51(3,4)5)45-57-48(52)40-38-36-34-32-30-28-26-23-21-19-17-15-13-11-9-7-2/h9,11,15,17,21,23,25,27-28,30,34,36,46-47H,6-8,10,12-14,16,18-20,22,24,26,29,31-33,35,37-45H2,1-5H3/p+1/b11-9+,17-15+,23-21+,27-25+,30-28+,36-34+. The van der Waals surface area contributed by atoms with E-state index in [2.05, 4.69) is 74.6 Å². The molecular weight excluding hydrogens is 727 g/mol. The van der Waals surface area contributed by atoms with Crippen molar-refractivity contribution in [1.82, 2.24) is 0 Å². The summed E-state index contributed by atoms with van der Waals surface area (Å²) in [7, 11) is 5.50. The van der Waals surface area contributed by atoms with Crippen LogP contribution in [0.5, 0.6) is 0 Å². The molecule has 0 bridgehead atoms. The molecule has 0 radical (unpaired) electrons. The second kappa shape index (κ2) is 40.5. The maximum atomic E-state index is 12.7. The average Bonchev–Trinajstić information content (AvgIpc) is 3.18. The summed E-state index contributed by atoms with van der Waals surface area (Å²) in [5.41, 5.74) is 0. The Morgan fingerprint density at radius 2 is 1.00 bits per heavy atom. The Morgan fingerprint density at radius 3 is 1.50 bits per heavy atom. The van der Waals surface area contributed by atoms with Gasteiger partial charge in [0.2, 0.25) is 0 Å². The maximum absolute atomic E-state index is 12.7. The second-order valence-electron chi connectivity index (χ2n) is 16.3. The van der Waals surface area contributed by atoms with Crippen molar-refractivity contribution < 1.29 is 38.2 Å². The van der Waals surface area contributed by atoms with Gasteiger partial charge in [0.25, 0.3) is 0 Å². The van der Waals surface area contributed by atoms with Crippen molar-refractivity contribution in [3.63, 3.8) is 0 Å². The number of carboxylic acids is 1. The summed E-state index contributed by atoms with van der Waals surface area (Å²) in [6.07, 6.45) is 51.1. The zero-order valence-corrected chi connectivity index (χ0v) is 37.7. The SMILES string of the molecule is CC/C=C/C/C=C/C/C=C/C/C=C/C/C=C/CCC(=O)OCC(COCCC(C(=O)O)[N+](C)(C)C)OC(=O)CCCCCCC/C=C/CCCCCCCCCCC. The van der Waals surface area contributed by atoms with Crippen molar-refractivity contribution in [1.29, 1.82) is 0 Å². The molecular formula is C50H86NO7+. The first-order valence-corrected chi connectivity index (χ1v) is 23.0. The zero-order valence-electron chi connectivity index (χ0n) is 37.7. The Labute approximate surface area is 355 Å². The van der Waals surface area contributed by atoms with E-state index in [4.69, 9.17) is 14.2 Å². The van der Waals surface area contributed by atoms with E-state index in [0.29, 0.717) is 19.3 Å². The van der Waals surface area contributed by atoms with E-state index in [-0.39, 0.29) is 42.7 Å². The van der Waals surface area contributed by atoms with Gasteiger partial charge >= 0.3 is 17.9 Å². The topological polar surface area (TPSA) is 99.1 Å². The number of hydrogen-bond donors (Lipinski definition) is 1. The highest BCUT2D eigenvalue weighted by Crippen LogP contribution is 2.13. The number of quaternary nitrogens is 1. The van der Waals surface area contributed by atoms with Crippen molar-refractivity contribution in [2.24, 2.45) is 0 Å². The van der Waals surface area contributed by atoms with Gasteiger partial charge in [-0.2, -0.15) is 0 Å². The summed E-state index contributed by atoms with van der Waals surface area (Å²) in [6.45, 7) is 4.53. The van der Waals surface area contributed by atoms with Crippen molar-refractivity contribution >= 4 is 17.9 Å². The molecule has 2 atom stereocenters. The van der Waals surface area contributed by atoms with Gasteiger partial charge in [-0.05, 0) is 70.6 Å².